The van der Waals surface area contributed by atoms with E-state index in [2.05, 4.69) is 0 Å². The van der Waals surface area contributed by atoms with Gasteiger partial charge in [0.2, 0.25) is 0 Å². The number of imide groups is 2. The van der Waals surface area contributed by atoms with E-state index in [9.17, 15) is 14.4 Å². The van der Waals surface area contributed by atoms with E-state index < -0.39 is 17.8 Å². The molecule has 4 amide bonds. The molecule has 98 valence electrons. The van der Waals surface area contributed by atoms with Crippen molar-refractivity contribution in [2.75, 3.05) is 7.05 Å². The van der Waals surface area contributed by atoms with Gasteiger partial charge in [-0.1, -0.05) is 30.4 Å². The lowest BCUT2D eigenvalue weighted by Crippen LogP contribution is -2.31. The molecule has 0 aliphatic carbocycles. The third-order valence-electron chi connectivity index (χ3n) is 2.80. The Morgan fingerprint density at radius 1 is 1.26 bits per heavy atom. The second kappa shape index (κ2) is 4.77. The highest BCUT2D eigenvalue weighted by molar-refractivity contribution is 7.80. The molecule has 0 bridgehead atoms. The summed E-state index contributed by atoms with van der Waals surface area (Å²) in [6, 6.07) is 6.24. The average molecular weight is 277 g/mol. The van der Waals surface area contributed by atoms with E-state index in [1.54, 1.807) is 24.3 Å². The summed E-state index contributed by atoms with van der Waals surface area (Å²) in [5.74, 6) is -1.65. The SMILES string of the molecule is CN1C(=O)C(=O)N(Cc2cccc(C(N)=S)c2)C1=O. The molecule has 0 spiro atoms. The van der Waals surface area contributed by atoms with Crippen molar-refractivity contribution in [2.24, 2.45) is 5.73 Å². The zero-order valence-electron chi connectivity index (χ0n) is 10.1. The third-order valence-corrected chi connectivity index (χ3v) is 3.04. The van der Waals surface area contributed by atoms with Gasteiger partial charge in [0.1, 0.15) is 4.99 Å². The molecular weight excluding hydrogens is 266 g/mol. The van der Waals surface area contributed by atoms with E-state index in [1.807, 2.05) is 0 Å². The number of rotatable bonds is 3. The standard InChI is InChI=1S/C12H11N3O3S/c1-14-10(16)11(17)15(12(14)18)6-7-3-2-4-8(5-7)9(13)19/h2-5H,6H2,1H3,(H2,13,19). The van der Waals surface area contributed by atoms with E-state index in [4.69, 9.17) is 18.0 Å². The van der Waals surface area contributed by atoms with Crippen LogP contribution in [0.5, 0.6) is 0 Å². The van der Waals surface area contributed by atoms with Gasteiger partial charge in [0, 0.05) is 12.6 Å². The Kier molecular flexibility index (Phi) is 3.30. The molecule has 0 aromatic heterocycles. The van der Waals surface area contributed by atoms with Crippen molar-refractivity contribution >= 4 is 35.1 Å². The van der Waals surface area contributed by atoms with Crippen molar-refractivity contribution in [3.63, 3.8) is 0 Å². The van der Waals surface area contributed by atoms with Crippen LogP contribution in [0, 0.1) is 0 Å². The number of carbonyl (C=O) groups is 3. The molecule has 1 aliphatic rings. The first kappa shape index (κ1) is 13.2. The van der Waals surface area contributed by atoms with E-state index >= 15 is 0 Å². The van der Waals surface area contributed by atoms with Gasteiger partial charge < -0.3 is 5.73 Å². The number of nitrogens with zero attached hydrogens (tertiary/aromatic N) is 2. The summed E-state index contributed by atoms with van der Waals surface area (Å²) in [6.07, 6.45) is 0. The smallest absolute Gasteiger partial charge is 0.334 e. The Labute approximate surface area is 114 Å². The van der Waals surface area contributed by atoms with Gasteiger partial charge in [-0.3, -0.25) is 19.4 Å². The fourth-order valence-corrected chi connectivity index (χ4v) is 1.89. The molecule has 7 heteroatoms. The van der Waals surface area contributed by atoms with Crippen LogP contribution in [-0.2, 0) is 16.1 Å². The average Bonchev–Trinajstić information content (AvgIpc) is 2.57. The summed E-state index contributed by atoms with van der Waals surface area (Å²) >= 11 is 4.86. The van der Waals surface area contributed by atoms with Crippen molar-refractivity contribution in [1.82, 2.24) is 9.80 Å². The number of hydrogen-bond acceptors (Lipinski definition) is 4. The molecule has 1 saturated heterocycles. The van der Waals surface area contributed by atoms with Crippen molar-refractivity contribution < 1.29 is 14.4 Å². The molecule has 2 rings (SSSR count). The predicted molar refractivity (Wildman–Crippen MR) is 71.0 cm³/mol. The quantitative estimate of drug-likeness (QED) is 0.486. The number of hydrogen-bond donors (Lipinski definition) is 1. The largest absolute Gasteiger partial charge is 0.389 e. The summed E-state index contributed by atoms with van der Waals surface area (Å²) in [5.41, 5.74) is 6.83. The highest BCUT2D eigenvalue weighted by Gasteiger charge is 2.41. The fraction of sp³-hybridized carbons (Fsp3) is 0.167. The van der Waals surface area contributed by atoms with Crippen LogP contribution in [-0.4, -0.2) is 39.7 Å². The Hall–Kier alpha value is -2.28. The zero-order valence-corrected chi connectivity index (χ0v) is 10.9. The van der Waals surface area contributed by atoms with Crippen LogP contribution in [0.15, 0.2) is 24.3 Å². The molecule has 1 fully saturated rings. The predicted octanol–water partition coefficient (Wildman–Crippen LogP) is 0.241. The van der Waals surface area contributed by atoms with Gasteiger partial charge in [0.15, 0.2) is 0 Å². The Balaban J connectivity index is 2.24. The maximum absolute atomic E-state index is 11.7. The van der Waals surface area contributed by atoms with E-state index in [0.717, 1.165) is 9.80 Å². The number of thiocarbonyl (C=S) groups is 1. The number of urea groups is 1. The molecule has 0 saturated carbocycles. The molecule has 1 aromatic carbocycles. The highest BCUT2D eigenvalue weighted by Crippen LogP contribution is 2.15. The van der Waals surface area contributed by atoms with E-state index in [-0.39, 0.29) is 11.5 Å². The monoisotopic (exact) mass is 277 g/mol. The summed E-state index contributed by atoms with van der Waals surface area (Å²) in [5, 5.41) is 0. The number of likely N-dealkylation sites (N-methyl/N-ethyl adjacent to an activating group) is 1. The molecule has 1 aliphatic heterocycles. The van der Waals surface area contributed by atoms with Crippen LogP contribution in [0.4, 0.5) is 4.79 Å². The molecule has 1 aromatic rings. The van der Waals surface area contributed by atoms with Crippen molar-refractivity contribution in [2.45, 2.75) is 6.54 Å². The first-order valence-corrected chi connectivity index (χ1v) is 5.85. The summed E-state index contributed by atoms with van der Waals surface area (Å²) < 4.78 is 0. The molecule has 0 radical (unpaired) electrons. The van der Waals surface area contributed by atoms with Crippen LogP contribution >= 0.6 is 12.2 Å². The topological polar surface area (TPSA) is 83.7 Å². The summed E-state index contributed by atoms with van der Waals surface area (Å²) in [4.78, 5) is 36.6. The van der Waals surface area contributed by atoms with Crippen LogP contribution in [0.2, 0.25) is 0 Å². The molecule has 19 heavy (non-hydrogen) atoms. The minimum atomic E-state index is -0.826. The maximum atomic E-state index is 11.7. The van der Waals surface area contributed by atoms with Gasteiger partial charge in [0.05, 0.1) is 6.54 Å². The van der Waals surface area contributed by atoms with Gasteiger partial charge in [-0.25, -0.2) is 4.79 Å². The van der Waals surface area contributed by atoms with Gasteiger partial charge in [0.25, 0.3) is 0 Å². The van der Waals surface area contributed by atoms with Crippen molar-refractivity contribution in [3.8, 4) is 0 Å². The molecule has 0 atom stereocenters. The van der Waals surface area contributed by atoms with Gasteiger partial charge in [-0.15, -0.1) is 0 Å². The van der Waals surface area contributed by atoms with Gasteiger partial charge in [-0.2, -0.15) is 0 Å². The highest BCUT2D eigenvalue weighted by atomic mass is 32.1. The Bertz CT molecular complexity index is 600. The minimum Gasteiger partial charge on any atom is -0.389 e. The first-order chi connectivity index (χ1) is 8.91. The minimum absolute atomic E-state index is 0.0181. The molecule has 1 heterocycles. The molecule has 6 nitrogen and oxygen atoms in total. The second-order valence-corrected chi connectivity index (χ2v) is 4.54. The molecule has 2 N–H and O–H groups in total. The Morgan fingerprint density at radius 2 is 1.95 bits per heavy atom. The van der Waals surface area contributed by atoms with Crippen LogP contribution in [0.1, 0.15) is 11.1 Å². The summed E-state index contributed by atoms with van der Waals surface area (Å²) in [7, 11) is 1.27. The third kappa shape index (κ3) is 2.32. The molecule has 0 unspecified atom stereocenters. The number of nitrogens with two attached hydrogens (primary N) is 1. The van der Waals surface area contributed by atoms with Crippen LogP contribution < -0.4 is 5.73 Å². The van der Waals surface area contributed by atoms with Crippen molar-refractivity contribution in [3.05, 3.63) is 35.4 Å². The van der Waals surface area contributed by atoms with Gasteiger partial charge in [-0.05, 0) is 11.6 Å². The normalized spacial score (nSPS) is 15.3. The van der Waals surface area contributed by atoms with Gasteiger partial charge >= 0.3 is 17.8 Å². The number of carbonyl (C=O) groups excluding carboxylic acids is 3. The van der Waals surface area contributed by atoms with E-state index in [0.29, 0.717) is 11.1 Å². The van der Waals surface area contributed by atoms with Crippen molar-refractivity contribution in [1.29, 1.82) is 0 Å². The number of amides is 4. The fourth-order valence-electron chi connectivity index (χ4n) is 1.76. The Morgan fingerprint density at radius 3 is 2.47 bits per heavy atom. The van der Waals surface area contributed by atoms with E-state index in [1.165, 1.54) is 7.05 Å². The first-order valence-electron chi connectivity index (χ1n) is 5.44. The van der Waals surface area contributed by atoms with Crippen LogP contribution in [0.25, 0.3) is 0 Å². The van der Waals surface area contributed by atoms with Crippen LogP contribution in [0.3, 0.4) is 0 Å². The maximum Gasteiger partial charge on any atom is 0.334 e. The lowest BCUT2D eigenvalue weighted by molar-refractivity contribution is -0.143. The lowest BCUT2D eigenvalue weighted by atomic mass is 10.1. The summed E-state index contributed by atoms with van der Waals surface area (Å²) in [6.45, 7) is 0.0181. The lowest BCUT2D eigenvalue weighted by Gasteiger charge is -2.13. The zero-order chi connectivity index (χ0) is 14.2. The molecular formula is C12H11N3O3S. The second-order valence-electron chi connectivity index (χ2n) is 4.10. The number of benzene rings is 1.